The second-order valence-electron chi connectivity index (χ2n) is 5.35. The smallest absolute Gasteiger partial charge is 0.131 e. The molecule has 6 nitrogen and oxygen atoms in total. The molecule has 0 aromatic heterocycles. The Morgan fingerprint density at radius 2 is 0.708 bits per heavy atom. The van der Waals surface area contributed by atoms with Crippen molar-refractivity contribution in [3.63, 3.8) is 0 Å². The summed E-state index contributed by atoms with van der Waals surface area (Å²) in [7, 11) is 0. The summed E-state index contributed by atoms with van der Waals surface area (Å²) in [6.45, 7) is 0. The summed E-state index contributed by atoms with van der Waals surface area (Å²) < 4.78 is 11.5. The first-order valence-corrected chi connectivity index (χ1v) is 7.26. The molecule has 0 saturated carbocycles. The van der Waals surface area contributed by atoms with Gasteiger partial charge in [-0.15, -0.1) is 0 Å². The first-order chi connectivity index (χ1) is 11.5. The Morgan fingerprint density at radius 3 is 1.00 bits per heavy atom. The fraction of sp³-hybridized carbons (Fsp3) is 0. The molecule has 8 N–H and O–H groups in total. The molecule has 3 aromatic carbocycles. The van der Waals surface area contributed by atoms with Crippen molar-refractivity contribution < 1.29 is 9.47 Å². The molecule has 0 spiro atoms. The Balaban J connectivity index is 1.73. The van der Waals surface area contributed by atoms with Crippen LogP contribution in [0.2, 0.25) is 0 Å². The topological polar surface area (TPSA) is 123 Å². The summed E-state index contributed by atoms with van der Waals surface area (Å²) in [5, 5.41) is 0. The van der Waals surface area contributed by atoms with Crippen LogP contribution in [0.15, 0.2) is 60.7 Å². The predicted octanol–water partition coefficient (Wildman–Crippen LogP) is 3.60. The molecule has 0 bridgehead atoms. The summed E-state index contributed by atoms with van der Waals surface area (Å²) in [4.78, 5) is 0. The van der Waals surface area contributed by atoms with Crippen molar-refractivity contribution in [3.8, 4) is 23.0 Å². The van der Waals surface area contributed by atoms with E-state index in [0.717, 1.165) is 0 Å². The van der Waals surface area contributed by atoms with Gasteiger partial charge in [-0.3, -0.25) is 0 Å². The molecule has 0 aliphatic carbocycles. The lowest BCUT2D eigenvalue weighted by molar-refractivity contribution is 0.470. The Hall–Kier alpha value is -3.54. The van der Waals surface area contributed by atoms with E-state index in [4.69, 9.17) is 32.4 Å². The third kappa shape index (κ3) is 3.80. The van der Waals surface area contributed by atoms with E-state index in [2.05, 4.69) is 0 Å². The molecule has 122 valence electrons. The number of benzene rings is 3. The third-order valence-electron chi connectivity index (χ3n) is 3.20. The van der Waals surface area contributed by atoms with Crippen LogP contribution in [-0.4, -0.2) is 0 Å². The van der Waals surface area contributed by atoms with Gasteiger partial charge < -0.3 is 32.4 Å². The molecule has 0 radical (unpaired) electrons. The number of rotatable bonds is 4. The molecule has 3 aromatic rings. The molecule has 0 fully saturated rings. The highest BCUT2D eigenvalue weighted by Gasteiger charge is 2.03. The molecule has 0 aliphatic heterocycles. The van der Waals surface area contributed by atoms with Crippen LogP contribution in [0.5, 0.6) is 23.0 Å². The Bertz CT molecular complexity index is 750. The van der Waals surface area contributed by atoms with Gasteiger partial charge in [-0.2, -0.15) is 0 Å². The van der Waals surface area contributed by atoms with E-state index in [9.17, 15) is 0 Å². The molecule has 0 atom stereocenters. The van der Waals surface area contributed by atoms with Crippen molar-refractivity contribution in [1.82, 2.24) is 0 Å². The van der Waals surface area contributed by atoms with E-state index in [1.807, 2.05) is 0 Å². The van der Waals surface area contributed by atoms with Gasteiger partial charge in [0.2, 0.25) is 0 Å². The minimum absolute atomic E-state index is 0.546. The van der Waals surface area contributed by atoms with Gasteiger partial charge >= 0.3 is 0 Å². The van der Waals surface area contributed by atoms with Crippen LogP contribution < -0.4 is 32.4 Å². The van der Waals surface area contributed by atoms with E-state index in [1.54, 1.807) is 60.7 Å². The summed E-state index contributed by atoms with van der Waals surface area (Å²) in [5.41, 5.74) is 25.2. The van der Waals surface area contributed by atoms with Crippen molar-refractivity contribution in [3.05, 3.63) is 60.7 Å². The summed E-state index contributed by atoms with van der Waals surface area (Å²) >= 11 is 0. The quantitative estimate of drug-likeness (QED) is 0.544. The number of anilines is 4. The molecule has 0 heterocycles. The predicted molar refractivity (Wildman–Crippen MR) is 97.1 cm³/mol. The van der Waals surface area contributed by atoms with Gasteiger partial charge in [0.15, 0.2) is 0 Å². The maximum absolute atomic E-state index is 5.75. The molecular weight excluding hydrogens is 304 g/mol. The van der Waals surface area contributed by atoms with Crippen molar-refractivity contribution in [2.75, 3.05) is 22.9 Å². The maximum atomic E-state index is 5.75. The molecule has 6 heteroatoms. The van der Waals surface area contributed by atoms with Gasteiger partial charge in [-0.1, -0.05) is 0 Å². The zero-order chi connectivity index (χ0) is 17.1. The van der Waals surface area contributed by atoms with Crippen molar-refractivity contribution in [2.45, 2.75) is 0 Å². The highest BCUT2D eigenvalue weighted by molar-refractivity contribution is 5.58. The summed E-state index contributed by atoms with van der Waals surface area (Å²) in [6.07, 6.45) is 0. The van der Waals surface area contributed by atoms with Gasteiger partial charge in [-0.05, 0) is 36.4 Å². The molecule has 0 unspecified atom stereocenters. The van der Waals surface area contributed by atoms with E-state index in [1.165, 1.54) is 0 Å². The molecule has 0 amide bonds. The lowest BCUT2D eigenvalue weighted by atomic mass is 10.2. The highest BCUT2D eigenvalue weighted by atomic mass is 16.5. The monoisotopic (exact) mass is 322 g/mol. The van der Waals surface area contributed by atoms with Crippen LogP contribution in [0.25, 0.3) is 0 Å². The van der Waals surface area contributed by atoms with Gasteiger partial charge in [0.1, 0.15) is 23.0 Å². The second-order valence-corrected chi connectivity index (χ2v) is 5.35. The van der Waals surface area contributed by atoms with Gasteiger partial charge in [0.25, 0.3) is 0 Å². The van der Waals surface area contributed by atoms with Gasteiger partial charge in [0, 0.05) is 47.0 Å². The van der Waals surface area contributed by atoms with E-state index >= 15 is 0 Å². The van der Waals surface area contributed by atoms with E-state index < -0.39 is 0 Å². The van der Waals surface area contributed by atoms with Crippen molar-refractivity contribution in [2.24, 2.45) is 0 Å². The minimum Gasteiger partial charge on any atom is -0.457 e. The normalized spacial score (nSPS) is 10.3. The largest absolute Gasteiger partial charge is 0.457 e. The Labute approximate surface area is 139 Å². The van der Waals surface area contributed by atoms with Crippen molar-refractivity contribution >= 4 is 22.7 Å². The van der Waals surface area contributed by atoms with Crippen LogP contribution >= 0.6 is 0 Å². The van der Waals surface area contributed by atoms with Crippen LogP contribution in [0.3, 0.4) is 0 Å². The lowest BCUT2D eigenvalue weighted by Crippen LogP contribution is -1.93. The number of nitrogens with two attached hydrogens (primary N) is 4. The van der Waals surface area contributed by atoms with Crippen LogP contribution in [0, 0.1) is 0 Å². The SMILES string of the molecule is Nc1cc(N)cc(Oc2ccc(Oc3cc(N)cc(N)c3)cc2)c1. The zero-order valence-corrected chi connectivity index (χ0v) is 12.9. The minimum atomic E-state index is 0.546. The van der Waals surface area contributed by atoms with Gasteiger partial charge in [-0.25, -0.2) is 0 Å². The van der Waals surface area contributed by atoms with Crippen LogP contribution in [-0.2, 0) is 0 Å². The average molecular weight is 322 g/mol. The van der Waals surface area contributed by atoms with Crippen LogP contribution in [0.4, 0.5) is 22.7 Å². The van der Waals surface area contributed by atoms with Crippen molar-refractivity contribution in [1.29, 1.82) is 0 Å². The molecule has 3 rings (SSSR count). The number of hydrogen-bond donors (Lipinski definition) is 4. The highest BCUT2D eigenvalue weighted by Crippen LogP contribution is 2.30. The zero-order valence-electron chi connectivity index (χ0n) is 12.9. The van der Waals surface area contributed by atoms with E-state index in [0.29, 0.717) is 45.7 Å². The molecule has 24 heavy (non-hydrogen) atoms. The van der Waals surface area contributed by atoms with Crippen LogP contribution in [0.1, 0.15) is 0 Å². The lowest BCUT2D eigenvalue weighted by Gasteiger charge is -2.10. The van der Waals surface area contributed by atoms with E-state index in [-0.39, 0.29) is 0 Å². The Kier molecular flexibility index (Phi) is 4.03. The second kappa shape index (κ2) is 6.29. The molecule has 0 saturated heterocycles. The standard InChI is InChI=1S/C18H18N4O2/c19-11-5-12(20)8-17(7-11)23-15-1-2-16(4-3-15)24-18-9-13(21)6-14(22)10-18/h1-10H,19-22H2. The fourth-order valence-corrected chi connectivity index (χ4v) is 2.26. The first kappa shape index (κ1) is 15.4. The molecular formula is C18H18N4O2. The average Bonchev–Trinajstić information content (AvgIpc) is 2.47. The third-order valence-corrected chi connectivity index (χ3v) is 3.20. The number of hydrogen-bond acceptors (Lipinski definition) is 6. The summed E-state index contributed by atoms with van der Waals surface area (Å²) in [6, 6.07) is 17.3. The maximum Gasteiger partial charge on any atom is 0.131 e. The first-order valence-electron chi connectivity index (χ1n) is 7.26. The van der Waals surface area contributed by atoms with Gasteiger partial charge in [0.05, 0.1) is 0 Å². The Morgan fingerprint density at radius 1 is 0.417 bits per heavy atom. The molecule has 0 aliphatic rings. The number of nitrogen functional groups attached to an aromatic ring is 4. The fourth-order valence-electron chi connectivity index (χ4n) is 2.26. The number of ether oxygens (including phenoxy) is 2. The summed E-state index contributed by atoms with van der Waals surface area (Å²) in [5.74, 6) is 2.42.